The molecule has 162 valence electrons. The third-order valence-corrected chi connectivity index (χ3v) is 5.89. The number of ether oxygens (including phenoxy) is 2. The van der Waals surface area contributed by atoms with Crippen LogP contribution in [0, 0.1) is 5.82 Å². The van der Waals surface area contributed by atoms with Gasteiger partial charge in [0.1, 0.15) is 17.1 Å². The normalized spacial score (nSPS) is 17.6. The molecule has 1 N–H and O–H groups in total. The van der Waals surface area contributed by atoms with Crippen molar-refractivity contribution in [2.45, 2.75) is 18.4 Å². The van der Waals surface area contributed by atoms with Crippen LogP contribution < -0.4 is 5.32 Å². The molecule has 0 bridgehead atoms. The van der Waals surface area contributed by atoms with Gasteiger partial charge >= 0.3 is 6.09 Å². The van der Waals surface area contributed by atoms with Crippen molar-refractivity contribution >= 4 is 29.2 Å². The molecule has 2 amide bonds. The second-order valence-corrected chi connectivity index (χ2v) is 8.22. The highest BCUT2D eigenvalue weighted by Crippen LogP contribution is 2.43. The van der Waals surface area contributed by atoms with Crippen molar-refractivity contribution in [1.82, 2.24) is 10.2 Å². The predicted octanol–water partition coefficient (Wildman–Crippen LogP) is 4.23. The molecule has 2 aromatic rings. The zero-order chi connectivity index (χ0) is 22.2. The van der Waals surface area contributed by atoms with Gasteiger partial charge in [0.05, 0.1) is 5.57 Å². The molecule has 2 heterocycles. The van der Waals surface area contributed by atoms with E-state index in [0.29, 0.717) is 36.6 Å². The molecule has 1 spiro atoms. The highest BCUT2D eigenvalue weighted by Gasteiger charge is 2.49. The Morgan fingerprint density at radius 1 is 1.13 bits per heavy atom. The lowest BCUT2D eigenvalue weighted by Gasteiger charge is -2.35. The van der Waals surface area contributed by atoms with E-state index < -0.39 is 11.6 Å². The number of hydrogen-bond donors (Lipinski definition) is 1. The van der Waals surface area contributed by atoms with Crippen LogP contribution in [0.25, 0.3) is 16.7 Å². The number of hydrogen-bond acceptors (Lipinski definition) is 4. The number of carbonyl (C=O) groups is 2. The topological polar surface area (TPSA) is 67.9 Å². The Kier molecular flexibility index (Phi) is 5.73. The summed E-state index contributed by atoms with van der Waals surface area (Å²) in [4.78, 5) is 26.9. The zero-order valence-electron chi connectivity index (χ0n) is 17.2. The Morgan fingerprint density at radius 3 is 2.42 bits per heavy atom. The summed E-state index contributed by atoms with van der Waals surface area (Å²) in [5.74, 6) is -0.436. The minimum absolute atomic E-state index is 0.228. The Bertz CT molecular complexity index is 1060. The lowest BCUT2D eigenvalue weighted by atomic mass is 9.87. The molecule has 2 aromatic carbocycles. The van der Waals surface area contributed by atoms with Crippen molar-refractivity contribution in [2.24, 2.45) is 0 Å². The van der Waals surface area contributed by atoms with E-state index in [9.17, 15) is 14.0 Å². The Hall–Kier alpha value is -2.90. The summed E-state index contributed by atoms with van der Waals surface area (Å²) in [7, 11) is 3.15. The first-order valence-electron chi connectivity index (χ1n) is 9.91. The highest BCUT2D eigenvalue weighted by molar-refractivity contribution is 6.36. The van der Waals surface area contributed by atoms with E-state index in [0.717, 1.165) is 11.1 Å². The van der Waals surface area contributed by atoms with Crippen LogP contribution in [0.2, 0.25) is 5.02 Å². The molecule has 1 saturated heterocycles. The molecule has 0 saturated carbocycles. The summed E-state index contributed by atoms with van der Waals surface area (Å²) in [5.41, 5.74) is 1.37. The fourth-order valence-corrected chi connectivity index (χ4v) is 4.07. The second-order valence-electron chi connectivity index (χ2n) is 7.82. The molecule has 0 aliphatic carbocycles. The average molecular weight is 445 g/mol. The number of nitrogens with zero attached hydrogens (tertiary/aromatic N) is 1. The molecule has 0 radical (unpaired) electrons. The summed E-state index contributed by atoms with van der Waals surface area (Å²) in [6.45, 7) is 0.861. The van der Waals surface area contributed by atoms with E-state index in [1.165, 1.54) is 17.0 Å². The van der Waals surface area contributed by atoms with Crippen LogP contribution in [0.4, 0.5) is 9.18 Å². The van der Waals surface area contributed by atoms with Crippen LogP contribution in [0.15, 0.2) is 48.2 Å². The first kappa shape index (κ1) is 21.3. The minimum atomic E-state index is -0.828. The van der Waals surface area contributed by atoms with Gasteiger partial charge in [0.15, 0.2) is 0 Å². The van der Waals surface area contributed by atoms with E-state index >= 15 is 0 Å². The van der Waals surface area contributed by atoms with Crippen molar-refractivity contribution < 1.29 is 23.5 Å². The molecule has 2 aliphatic heterocycles. The second kappa shape index (κ2) is 8.32. The number of carbonyl (C=O) groups excluding carboxylic acids is 2. The van der Waals surface area contributed by atoms with Crippen LogP contribution in [0.5, 0.6) is 0 Å². The van der Waals surface area contributed by atoms with Gasteiger partial charge in [-0.3, -0.25) is 4.79 Å². The maximum absolute atomic E-state index is 13.3. The van der Waals surface area contributed by atoms with Gasteiger partial charge in [-0.1, -0.05) is 29.8 Å². The number of nitrogens with one attached hydrogen (secondary N) is 1. The van der Waals surface area contributed by atoms with E-state index in [-0.39, 0.29) is 23.1 Å². The molecule has 0 unspecified atom stereocenters. The van der Waals surface area contributed by atoms with Crippen LogP contribution in [-0.2, 0) is 14.3 Å². The number of rotatable bonds is 3. The summed E-state index contributed by atoms with van der Waals surface area (Å²) in [5, 5.41) is 3.35. The van der Waals surface area contributed by atoms with Crippen LogP contribution in [0.1, 0.15) is 18.4 Å². The van der Waals surface area contributed by atoms with E-state index in [2.05, 4.69) is 5.32 Å². The minimum Gasteiger partial charge on any atom is -0.411 e. The van der Waals surface area contributed by atoms with Crippen molar-refractivity contribution in [3.05, 3.63) is 64.6 Å². The van der Waals surface area contributed by atoms with Crippen molar-refractivity contribution in [1.29, 1.82) is 0 Å². The van der Waals surface area contributed by atoms with Crippen molar-refractivity contribution in [2.75, 3.05) is 27.3 Å². The van der Waals surface area contributed by atoms with Gasteiger partial charge in [-0.15, -0.1) is 0 Å². The first-order chi connectivity index (χ1) is 14.8. The Morgan fingerprint density at radius 2 is 1.77 bits per heavy atom. The Labute approximate surface area is 184 Å². The monoisotopic (exact) mass is 444 g/mol. The largest absolute Gasteiger partial charge is 0.414 e. The first-order valence-corrected chi connectivity index (χ1v) is 10.3. The summed E-state index contributed by atoms with van der Waals surface area (Å²) < 4.78 is 24.5. The molecule has 0 aromatic heterocycles. The third-order valence-electron chi connectivity index (χ3n) is 5.56. The number of benzene rings is 2. The van der Waals surface area contributed by atoms with Gasteiger partial charge < -0.3 is 19.7 Å². The lowest BCUT2D eigenvalue weighted by Crippen LogP contribution is -2.49. The molecule has 2 aliphatic rings. The molecule has 1 fully saturated rings. The fraction of sp³-hybridized carbons (Fsp3) is 0.304. The Balaban J connectivity index is 1.86. The highest BCUT2D eigenvalue weighted by atomic mass is 35.5. The quantitative estimate of drug-likeness (QED) is 0.769. The van der Waals surface area contributed by atoms with E-state index in [1.54, 1.807) is 44.4 Å². The van der Waals surface area contributed by atoms with Gasteiger partial charge in [0, 0.05) is 50.7 Å². The maximum atomic E-state index is 13.3. The number of halogens is 2. The predicted molar refractivity (Wildman–Crippen MR) is 115 cm³/mol. The van der Waals surface area contributed by atoms with Crippen LogP contribution in [-0.4, -0.2) is 49.7 Å². The fourth-order valence-electron chi connectivity index (χ4n) is 3.86. The van der Waals surface area contributed by atoms with E-state index in [1.807, 2.05) is 0 Å². The number of amides is 2. The van der Waals surface area contributed by atoms with Gasteiger partial charge in [-0.2, -0.15) is 0 Å². The molecular weight excluding hydrogens is 423 g/mol. The van der Waals surface area contributed by atoms with Gasteiger partial charge in [0.2, 0.25) is 0 Å². The standard InChI is InChI=1S/C23H22ClFN2O4/c1-27(2)22(29)31-20-19(21(28)26-23(20)9-11-30-12-10-23)17-13-15(5-8-18(17)24)14-3-6-16(25)7-4-14/h3-8,13H,9-12H2,1-2H3,(H,26,28). The SMILES string of the molecule is CN(C)C(=O)OC1=C(c2cc(-c3ccc(F)cc3)ccc2Cl)C(=O)NC12CCOCC2. The molecule has 4 rings (SSSR count). The smallest absolute Gasteiger partial charge is 0.411 e. The molecule has 8 heteroatoms. The van der Waals surface area contributed by atoms with E-state index in [4.69, 9.17) is 21.1 Å². The van der Waals surface area contributed by atoms with Gasteiger partial charge in [-0.25, -0.2) is 9.18 Å². The molecule has 6 nitrogen and oxygen atoms in total. The van der Waals surface area contributed by atoms with Gasteiger partial charge in [-0.05, 0) is 35.4 Å². The van der Waals surface area contributed by atoms with Crippen LogP contribution in [0.3, 0.4) is 0 Å². The molecular formula is C23H22ClFN2O4. The van der Waals surface area contributed by atoms with Crippen LogP contribution >= 0.6 is 11.6 Å². The molecule has 31 heavy (non-hydrogen) atoms. The maximum Gasteiger partial charge on any atom is 0.414 e. The summed E-state index contributed by atoms with van der Waals surface area (Å²) >= 11 is 6.50. The average Bonchev–Trinajstić information content (AvgIpc) is 3.00. The summed E-state index contributed by atoms with van der Waals surface area (Å²) in [6.07, 6.45) is 0.377. The summed E-state index contributed by atoms with van der Waals surface area (Å²) in [6, 6.07) is 11.3. The lowest BCUT2D eigenvalue weighted by molar-refractivity contribution is -0.117. The van der Waals surface area contributed by atoms with Crippen molar-refractivity contribution in [3.63, 3.8) is 0 Å². The zero-order valence-corrected chi connectivity index (χ0v) is 18.0. The third kappa shape index (κ3) is 4.03. The van der Waals surface area contributed by atoms with Gasteiger partial charge in [0.25, 0.3) is 5.91 Å². The van der Waals surface area contributed by atoms with Crippen molar-refractivity contribution in [3.8, 4) is 11.1 Å². The molecule has 0 atom stereocenters.